The highest BCUT2D eigenvalue weighted by Gasteiger charge is 2.50. The number of rotatable bonds is 1. The Hall–Kier alpha value is -2.34. The van der Waals surface area contributed by atoms with E-state index in [0.717, 1.165) is 23.6 Å². The van der Waals surface area contributed by atoms with Gasteiger partial charge in [0.05, 0.1) is 17.5 Å². The highest BCUT2D eigenvalue weighted by Crippen LogP contribution is 2.41. The molecule has 3 heterocycles. The monoisotopic (exact) mass is 311 g/mol. The second kappa shape index (κ2) is 4.58. The Kier molecular flexibility index (Phi) is 2.61. The molecule has 3 atom stereocenters. The van der Waals surface area contributed by atoms with Gasteiger partial charge in [-0.1, -0.05) is 12.1 Å². The van der Waals surface area contributed by atoms with E-state index in [1.54, 1.807) is 6.33 Å². The number of likely N-dealkylation sites (tertiary alicyclic amines) is 1. The van der Waals surface area contributed by atoms with Gasteiger partial charge in [-0.05, 0) is 25.0 Å². The Bertz CT molecular complexity index is 800. The fourth-order valence-electron chi connectivity index (χ4n) is 4.07. The Morgan fingerprint density at radius 1 is 1.35 bits per heavy atom. The summed E-state index contributed by atoms with van der Waals surface area (Å²) < 4.78 is 7.71. The Balaban J connectivity index is 1.50. The van der Waals surface area contributed by atoms with Crippen LogP contribution in [0.4, 0.5) is 0 Å². The van der Waals surface area contributed by atoms with Crippen molar-refractivity contribution in [1.82, 2.24) is 14.5 Å². The van der Waals surface area contributed by atoms with E-state index in [0.29, 0.717) is 25.3 Å². The molecule has 1 aromatic carbocycles. The summed E-state index contributed by atoms with van der Waals surface area (Å²) in [6.07, 6.45) is 3.02. The minimum atomic E-state index is -0.246. The number of aromatic nitrogens is 2. The lowest BCUT2D eigenvalue weighted by Crippen LogP contribution is -2.51. The van der Waals surface area contributed by atoms with Crippen molar-refractivity contribution in [3.8, 4) is 11.4 Å². The van der Waals surface area contributed by atoms with Gasteiger partial charge in [0, 0.05) is 18.5 Å². The first-order chi connectivity index (χ1) is 11.2. The van der Waals surface area contributed by atoms with Gasteiger partial charge in [-0.15, -0.1) is 0 Å². The number of ether oxygens (including phenoxy) is 1. The predicted molar refractivity (Wildman–Crippen MR) is 81.5 cm³/mol. The zero-order valence-corrected chi connectivity index (χ0v) is 12.6. The van der Waals surface area contributed by atoms with Crippen molar-refractivity contribution in [3.63, 3.8) is 0 Å². The Morgan fingerprint density at radius 2 is 2.22 bits per heavy atom. The lowest BCUT2D eigenvalue weighted by Gasteiger charge is -2.40. The normalized spacial score (nSPS) is 27.5. The van der Waals surface area contributed by atoms with Gasteiger partial charge in [0.2, 0.25) is 0 Å². The first kappa shape index (κ1) is 13.1. The van der Waals surface area contributed by atoms with Crippen molar-refractivity contribution in [2.75, 3.05) is 6.54 Å². The maximum Gasteiger partial charge on any atom is 0.274 e. The highest BCUT2D eigenvalue weighted by atomic mass is 16.5. The van der Waals surface area contributed by atoms with Gasteiger partial charge in [0.1, 0.15) is 18.7 Å². The maximum atomic E-state index is 12.9. The molecule has 1 N–H and O–H groups in total. The summed E-state index contributed by atoms with van der Waals surface area (Å²) in [5, 5.41) is 9.77. The molecule has 1 aromatic heterocycles. The van der Waals surface area contributed by atoms with Gasteiger partial charge in [-0.3, -0.25) is 9.36 Å². The van der Waals surface area contributed by atoms with E-state index >= 15 is 0 Å². The Morgan fingerprint density at radius 3 is 3.04 bits per heavy atom. The summed E-state index contributed by atoms with van der Waals surface area (Å²) in [7, 11) is 0. The lowest BCUT2D eigenvalue weighted by atomic mass is 9.77. The van der Waals surface area contributed by atoms with Gasteiger partial charge in [-0.25, -0.2) is 4.98 Å². The molecule has 2 aliphatic heterocycles. The number of amides is 1. The second-order valence-electron chi connectivity index (χ2n) is 6.49. The standard InChI is InChI=1S/C17H17N3O3/c21-14-7-12-10(14)5-6-19(12)17(22)16-13-8-23-15-4-2-1-3-11(15)20(13)9-18-16/h1-4,9-10,12,14,21H,5-8H2/t10-,12-,14-/m1/s1. The van der Waals surface area contributed by atoms with Gasteiger partial charge in [0.15, 0.2) is 5.69 Å². The first-order valence-corrected chi connectivity index (χ1v) is 8.01. The topological polar surface area (TPSA) is 67.6 Å². The van der Waals surface area contributed by atoms with Crippen molar-refractivity contribution in [2.24, 2.45) is 5.92 Å². The van der Waals surface area contributed by atoms with Crippen molar-refractivity contribution in [2.45, 2.75) is 31.6 Å². The molecule has 0 unspecified atom stereocenters. The molecule has 1 aliphatic carbocycles. The van der Waals surface area contributed by atoms with Gasteiger partial charge >= 0.3 is 0 Å². The largest absolute Gasteiger partial charge is 0.485 e. The molecule has 3 aliphatic rings. The molecule has 1 saturated carbocycles. The SMILES string of the molecule is O=C(c1ncn2c1COc1ccccc1-2)N1CC[C@H]2[C@H](O)C[C@H]21. The van der Waals surface area contributed by atoms with Crippen molar-refractivity contribution in [1.29, 1.82) is 0 Å². The van der Waals surface area contributed by atoms with Crippen LogP contribution >= 0.6 is 0 Å². The van der Waals surface area contributed by atoms with Crippen molar-refractivity contribution in [3.05, 3.63) is 42.0 Å². The average Bonchev–Trinajstić information content (AvgIpc) is 3.15. The molecule has 0 spiro atoms. The van der Waals surface area contributed by atoms with Gasteiger partial charge in [0.25, 0.3) is 5.91 Å². The number of carbonyl (C=O) groups is 1. The minimum Gasteiger partial charge on any atom is -0.485 e. The van der Waals surface area contributed by atoms with Crippen LogP contribution in [0.5, 0.6) is 5.75 Å². The third-order valence-electron chi connectivity index (χ3n) is 5.39. The van der Waals surface area contributed by atoms with Crippen LogP contribution in [0.1, 0.15) is 29.0 Å². The number of imidazole rings is 1. The molecular weight excluding hydrogens is 294 g/mol. The van der Waals surface area contributed by atoms with E-state index in [1.807, 2.05) is 33.7 Å². The molecule has 118 valence electrons. The molecule has 1 saturated heterocycles. The zero-order chi connectivity index (χ0) is 15.6. The second-order valence-corrected chi connectivity index (χ2v) is 6.49. The number of hydrogen-bond acceptors (Lipinski definition) is 4. The van der Waals surface area contributed by atoms with Crippen molar-refractivity contribution >= 4 is 5.91 Å². The summed E-state index contributed by atoms with van der Waals surface area (Å²) >= 11 is 0. The van der Waals surface area contributed by atoms with Crippen LogP contribution in [0.3, 0.4) is 0 Å². The summed E-state index contributed by atoms with van der Waals surface area (Å²) in [5.74, 6) is 1.01. The van der Waals surface area contributed by atoms with Gasteiger partial charge < -0.3 is 14.7 Å². The van der Waals surface area contributed by atoms with E-state index in [2.05, 4.69) is 4.98 Å². The molecule has 5 rings (SSSR count). The quantitative estimate of drug-likeness (QED) is 0.863. The molecular formula is C17H17N3O3. The number of hydrogen-bond donors (Lipinski definition) is 1. The van der Waals surface area contributed by atoms with Crippen LogP contribution in [-0.4, -0.2) is 44.2 Å². The summed E-state index contributed by atoms with van der Waals surface area (Å²) in [4.78, 5) is 19.2. The van der Waals surface area contributed by atoms with Crippen LogP contribution in [-0.2, 0) is 6.61 Å². The molecule has 2 aromatic rings. The first-order valence-electron chi connectivity index (χ1n) is 8.01. The summed E-state index contributed by atoms with van der Waals surface area (Å²) in [6.45, 7) is 1.05. The molecule has 6 heteroatoms. The third-order valence-corrected chi connectivity index (χ3v) is 5.39. The maximum absolute atomic E-state index is 12.9. The summed E-state index contributed by atoms with van der Waals surface area (Å²) in [5.41, 5.74) is 2.19. The van der Waals surface area contributed by atoms with Crippen LogP contribution in [0, 0.1) is 5.92 Å². The average molecular weight is 311 g/mol. The molecule has 1 amide bonds. The van der Waals surface area contributed by atoms with E-state index in [9.17, 15) is 9.90 Å². The predicted octanol–water partition coefficient (Wildman–Crippen LogP) is 1.36. The number of carbonyl (C=O) groups excluding carboxylic acids is 1. The molecule has 2 fully saturated rings. The molecule has 0 bridgehead atoms. The van der Waals surface area contributed by atoms with Crippen LogP contribution in [0.2, 0.25) is 0 Å². The van der Waals surface area contributed by atoms with E-state index < -0.39 is 0 Å². The van der Waals surface area contributed by atoms with Crippen LogP contribution in [0.25, 0.3) is 5.69 Å². The van der Waals surface area contributed by atoms with Crippen molar-refractivity contribution < 1.29 is 14.6 Å². The lowest BCUT2D eigenvalue weighted by molar-refractivity contribution is -0.0166. The summed E-state index contributed by atoms with van der Waals surface area (Å²) in [6, 6.07) is 7.92. The third kappa shape index (κ3) is 1.72. The van der Waals surface area contributed by atoms with Crippen LogP contribution in [0.15, 0.2) is 30.6 Å². The van der Waals surface area contributed by atoms with E-state index in [4.69, 9.17) is 4.74 Å². The number of para-hydroxylation sites is 2. The Labute approximate surface area is 133 Å². The molecule has 23 heavy (non-hydrogen) atoms. The number of benzene rings is 1. The number of nitrogens with zero attached hydrogens (tertiary/aromatic N) is 3. The van der Waals surface area contributed by atoms with Crippen LogP contribution < -0.4 is 4.74 Å². The van der Waals surface area contributed by atoms with E-state index in [-0.39, 0.29) is 24.0 Å². The highest BCUT2D eigenvalue weighted by molar-refractivity contribution is 5.94. The molecule has 0 radical (unpaired) electrons. The van der Waals surface area contributed by atoms with E-state index in [1.165, 1.54) is 0 Å². The number of fused-ring (bicyclic) bond motifs is 4. The van der Waals surface area contributed by atoms with Gasteiger partial charge in [-0.2, -0.15) is 0 Å². The number of aliphatic hydroxyl groups excluding tert-OH is 1. The smallest absolute Gasteiger partial charge is 0.274 e. The fourth-order valence-corrected chi connectivity index (χ4v) is 4.07. The zero-order valence-electron chi connectivity index (χ0n) is 12.6. The fraction of sp³-hybridized carbons (Fsp3) is 0.412. The minimum absolute atomic E-state index is 0.0406. The molecule has 6 nitrogen and oxygen atoms in total. The number of aliphatic hydroxyl groups is 1.